The molecule has 0 spiro atoms. The van der Waals surface area contributed by atoms with Gasteiger partial charge in [0.2, 0.25) is 9.76 Å². The summed E-state index contributed by atoms with van der Waals surface area (Å²) in [5.74, 6) is 0.0628. The maximum Gasteiger partial charge on any atom is 0.211 e. The first-order valence-electron chi connectivity index (χ1n) is 5.11. The molecule has 2 atom stereocenters. The van der Waals surface area contributed by atoms with Gasteiger partial charge in [-0.3, -0.25) is 0 Å². The van der Waals surface area contributed by atoms with E-state index in [0.29, 0.717) is 9.76 Å². The zero-order valence-electron chi connectivity index (χ0n) is 9.87. The van der Waals surface area contributed by atoms with Crippen molar-refractivity contribution in [3.8, 4) is 12.1 Å². The molecule has 0 N–H and O–H groups in total. The van der Waals surface area contributed by atoms with Gasteiger partial charge in [-0.2, -0.15) is 10.5 Å². The van der Waals surface area contributed by atoms with E-state index in [4.69, 9.17) is 14.6 Å². The first-order chi connectivity index (χ1) is 6.97. The van der Waals surface area contributed by atoms with Crippen LogP contribution in [0.4, 0.5) is 0 Å². The van der Waals surface area contributed by atoms with Crippen LogP contribution in [0.25, 0.3) is 0 Å². The second-order valence-corrected chi connectivity index (χ2v) is 9.17. The van der Waals surface area contributed by atoms with E-state index in [-0.39, 0.29) is 11.8 Å². The topological polar surface area (TPSA) is 56.8 Å². The second-order valence-electron chi connectivity index (χ2n) is 4.22. The van der Waals surface area contributed by atoms with Gasteiger partial charge in [0.05, 0.1) is 12.1 Å². The summed E-state index contributed by atoms with van der Waals surface area (Å²) >= 11 is 0. The molecule has 0 heterocycles. The molecule has 0 aromatic heterocycles. The Kier molecular flexibility index (Phi) is 6.50. The van der Waals surface area contributed by atoms with Gasteiger partial charge in [-0.05, 0) is 39.0 Å². The predicted octanol–water partition coefficient (Wildman–Crippen LogP) is 2.56. The highest BCUT2D eigenvalue weighted by Gasteiger charge is 2.32. The molecular weight excluding hydrogens is 220 g/mol. The Bertz CT molecular complexity index is 248. The van der Waals surface area contributed by atoms with Crippen LogP contribution in [0, 0.1) is 34.5 Å². The molecule has 0 aromatic rings. The van der Waals surface area contributed by atoms with Crippen LogP contribution in [0.1, 0.15) is 13.8 Å². The summed E-state index contributed by atoms with van der Waals surface area (Å²) in [6.45, 7) is 7.97. The van der Waals surface area contributed by atoms with Crippen LogP contribution in [-0.4, -0.2) is 18.1 Å². The molecule has 2 radical (unpaired) electrons. The van der Waals surface area contributed by atoms with Crippen LogP contribution in [-0.2, 0) is 4.12 Å². The Morgan fingerprint density at radius 2 is 1.60 bits per heavy atom. The van der Waals surface area contributed by atoms with Crippen molar-refractivity contribution in [1.29, 1.82) is 10.5 Å². The van der Waals surface area contributed by atoms with Gasteiger partial charge in [0.15, 0.2) is 8.32 Å². The quantitative estimate of drug-likeness (QED) is 0.668. The van der Waals surface area contributed by atoms with Gasteiger partial charge in [0, 0.05) is 11.8 Å². The molecule has 0 saturated heterocycles. The standard InChI is InChI=1S/C10H18N2OSi2/c1-9(5-11)7-15(4,13-14-3)8-10(2)6-12/h9-10H,7-8H2,1-4H3. The lowest BCUT2D eigenvalue weighted by Gasteiger charge is -2.29. The smallest absolute Gasteiger partial charge is 0.211 e. The predicted molar refractivity (Wildman–Crippen MR) is 63.5 cm³/mol. The van der Waals surface area contributed by atoms with E-state index in [2.05, 4.69) is 18.7 Å². The summed E-state index contributed by atoms with van der Waals surface area (Å²) < 4.78 is 5.84. The van der Waals surface area contributed by atoms with Gasteiger partial charge in [0.25, 0.3) is 0 Å². The van der Waals surface area contributed by atoms with Crippen LogP contribution < -0.4 is 0 Å². The van der Waals surface area contributed by atoms with E-state index in [1.54, 1.807) is 0 Å². The van der Waals surface area contributed by atoms with Gasteiger partial charge < -0.3 is 4.12 Å². The highest BCUT2D eigenvalue weighted by Crippen LogP contribution is 2.25. The second kappa shape index (κ2) is 6.78. The fourth-order valence-electron chi connectivity index (χ4n) is 1.80. The molecule has 2 unspecified atom stereocenters. The largest absolute Gasteiger partial charge is 0.456 e. The number of rotatable bonds is 6. The summed E-state index contributed by atoms with van der Waals surface area (Å²) in [6.07, 6.45) is 0. The first-order valence-corrected chi connectivity index (χ1v) is 9.34. The minimum atomic E-state index is -1.85. The lowest BCUT2D eigenvalue weighted by molar-refractivity contribution is 0.549. The number of hydrogen-bond donors (Lipinski definition) is 0. The van der Waals surface area contributed by atoms with Crippen LogP contribution in [0.3, 0.4) is 0 Å². The Balaban J connectivity index is 4.46. The van der Waals surface area contributed by atoms with Crippen molar-refractivity contribution in [2.45, 2.75) is 39.0 Å². The molecule has 0 amide bonds. The third kappa shape index (κ3) is 5.73. The number of nitrogens with zero attached hydrogens (tertiary/aromatic N) is 2. The van der Waals surface area contributed by atoms with Crippen molar-refractivity contribution in [2.75, 3.05) is 0 Å². The maximum atomic E-state index is 8.81. The molecule has 0 saturated carbocycles. The lowest BCUT2D eigenvalue weighted by atomic mass is 10.2. The molecule has 0 rings (SSSR count). The molecule has 0 aliphatic rings. The molecule has 3 nitrogen and oxygen atoms in total. The lowest BCUT2D eigenvalue weighted by Crippen LogP contribution is -2.38. The highest BCUT2D eigenvalue weighted by molar-refractivity contribution is 6.76. The minimum Gasteiger partial charge on any atom is -0.456 e. The summed E-state index contributed by atoms with van der Waals surface area (Å²) in [7, 11) is -1.40. The molecule has 0 aliphatic heterocycles. The van der Waals surface area contributed by atoms with E-state index >= 15 is 0 Å². The van der Waals surface area contributed by atoms with Crippen LogP contribution in [0.2, 0.25) is 25.2 Å². The highest BCUT2D eigenvalue weighted by atomic mass is 28.4. The minimum absolute atomic E-state index is 0.0314. The first kappa shape index (κ1) is 14.4. The van der Waals surface area contributed by atoms with Crippen molar-refractivity contribution >= 4 is 18.1 Å². The summed E-state index contributed by atoms with van der Waals surface area (Å²) in [5, 5.41) is 17.6. The molecule has 82 valence electrons. The van der Waals surface area contributed by atoms with E-state index < -0.39 is 8.32 Å². The SMILES string of the molecule is C[Si]O[Si](C)(CC(C)C#N)CC(C)C#N. The monoisotopic (exact) mass is 238 g/mol. The van der Waals surface area contributed by atoms with Crippen molar-refractivity contribution < 1.29 is 4.12 Å². The molecule has 0 aromatic carbocycles. The van der Waals surface area contributed by atoms with E-state index in [1.165, 1.54) is 0 Å². The van der Waals surface area contributed by atoms with Gasteiger partial charge in [0.1, 0.15) is 0 Å². The third-order valence-corrected chi connectivity index (χ3v) is 8.00. The Labute approximate surface area is 96.1 Å². The van der Waals surface area contributed by atoms with Gasteiger partial charge in [-0.15, -0.1) is 0 Å². The number of nitriles is 2. The van der Waals surface area contributed by atoms with Crippen molar-refractivity contribution in [1.82, 2.24) is 0 Å². The van der Waals surface area contributed by atoms with E-state index in [1.807, 2.05) is 20.4 Å². The van der Waals surface area contributed by atoms with Crippen molar-refractivity contribution in [2.24, 2.45) is 11.8 Å². The fraction of sp³-hybridized carbons (Fsp3) is 0.800. The molecule has 0 fully saturated rings. The van der Waals surface area contributed by atoms with Gasteiger partial charge in [-0.1, -0.05) is 0 Å². The Hall–Kier alpha value is -0.626. The molecule has 0 bridgehead atoms. The zero-order chi connectivity index (χ0) is 11.9. The zero-order valence-corrected chi connectivity index (χ0v) is 11.9. The molecule has 0 aliphatic carbocycles. The average molecular weight is 238 g/mol. The van der Waals surface area contributed by atoms with E-state index in [0.717, 1.165) is 12.1 Å². The van der Waals surface area contributed by atoms with Gasteiger partial charge in [-0.25, -0.2) is 0 Å². The van der Waals surface area contributed by atoms with Gasteiger partial charge >= 0.3 is 0 Å². The maximum absolute atomic E-state index is 8.81. The summed E-state index contributed by atoms with van der Waals surface area (Å²) in [4.78, 5) is 0. The fourth-order valence-corrected chi connectivity index (χ4v) is 7.38. The van der Waals surface area contributed by atoms with Crippen LogP contribution in [0.5, 0.6) is 0 Å². The normalized spacial score (nSPS) is 18.3. The third-order valence-electron chi connectivity index (χ3n) is 2.27. The summed E-state index contributed by atoms with van der Waals surface area (Å²) in [6, 6.07) is 6.15. The molecule has 5 heteroatoms. The van der Waals surface area contributed by atoms with Crippen LogP contribution in [0.15, 0.2) is 0 Å². The van der Waals surface area contributed by atoms with Crippen molar-refractivity contribution in [3.63, 3.8) is 0 Å². The average Bonchev–Trinajstić information content (AvgIpc) is 2.17. The van der Waals surface area contributed by atoms with E-state index in [9.17, 15) is 0 Å². The Morgan fingerprint density at radius 1 is 1.20 bits per heavy atom. The molecule has 15 heavy (non-hydrogen) atoms. The van der Waals surface area contributed by atoms with Crippen LogP contribution >= 0.6 is 0 Å². The summed E-state index contributed by atoms with van der Waals surface area (Å²) in [5.41, 5.74) is 0. The molecular formula is C10H18N2OSi2. The number of hydrogen-bond acceptors (Lipinski definition) is 3. The van der Waals surface area contributed by atoms with Crippen molar-refractivity contribution in [3.05, 3.63) is 0 Å². The Morgan fingerprint density at radius 3 is 1.87 bits per heavy atom.